The third-order valence-electron chi connectivity index (χ3n) is 2.41. The molecule has 0 saturated heterocycles. The van der Waals surface area contributed by atoms with Gasteiger partial charge >= 0.3 is 0 Å². The molecule has 1 aromatic rings. The number of sulfonamides is 1. The van der Waals surface area contributed by atoms with Crippen molar-refractivity contribution in [1.29, 1.82) is 0 Å². The van der Waals surface area contributed by atoms with E-state index in [1.807, 2.05) is 6.92 Å². The summed E-state index contributed by atoms with van der Waals surface area (Å²) in [5.41, 5.74) is 6.90. The van der Waals surface area contributed by atoms with Gasteiger partial charge in [-0.1, -0.05) is 25.1 Å². The minimum Gasteiger partial charge on any atom is -0.398 e. The SMILES string of the molecule is CCCN(C)S(=O)(=O)Cc1ccccc1N. The molecule has 0 amide bonds. The van der Waals surface area contributed by atoms with Crippen LogP contribution in [0.1, 0.15) is 18.9 Å². The fourth-order valence-corrected chi connectivity index (χ4v) is 2.76. The second-order valence-electron chi connectivity index (χ2n) is 3.78. The molecule has 0 spiro atoms. The molecule has 0 radical (unpaired) electrons. The van der Waals surface area contributed by atoms with Crippen LogP contribution in [0.4, 0.5) is 5.69 Å². The lowest BCUT2D eigenvalue weighted by Gasteiger charge is -2.16. The van der Waals surface area contributed by atoms with Crippen molar-refractivity contribution in [3.8, 4) is 0 Å². The van der Waals surface area contributed by atoms with E-state index in [0.29, 0.717) is 17.8 Å². The van der Waals surface area contributed by atoms with E-state index in [2.05, 4.69) is 0 Å². The van der Waals surface area contributed by atoms with Crippen molar-refractivity contribution in [3.63, 3.8) is 0 Å². The van der Waals surface area contributed by atoms with E-state index < -0.39 is 10.0 Å². The number of anilines is 1. The number of para-hydroxylation sites is 1. The van der Waals surface area contributed by atoms with Crippen LogP contribution in [0, 0.1) is 0 Å². The van der Waals surface area contributed by atoms with Crippen molar-refractivity contribution in [2.24, 2.45) is 0 Å². The second-order valence-corrected chi connectivity index (χ2v) is 5.85. The lowest BCUT2D eigenvalue weighted by atomic mass is 10.2. The average molecular weight is 242 g/mol. The largest absolute Gasteiger partial charge is 0.398 e. The second kappa shape index (κ2) is 5.32. The summed E-state index contributed by atoms with van der Waals surface area (Å²) < 4.78 is 25.2. The first-order chi connectivity index (χ1) is 7.47. The smallest absolute Gasteiger partial charge is 0.218 e. The van der Waals surface area contributed by atoms with E-state index in [0.717, 1.165) is 6.42 Å². The Morgan fingerprint density at radius 2 is 1.94 bits per heavy atom. The molecule has 1 aromatic carbocycles. The highest BCUT2D eigenvalue weighted by molar-refractivity contribution is 7.88. The Kier molecular flexibility index (Phi) is 4.32. The van der Waals surface area contributed by atoms with Gasteiger partial charge in [-0.05, 0) is 18.1 Å². The van der Waals surface area contributed by atoms with Crippen LogP contribution in [0.5, 0.6) is 0 Å². The van der Waals surface area contributed by atoms with E-state index in [1.54, 1.807) is 31.3 Å². The number of nitrogens with two attached hydrogens (primary N) is 1. The fraction of sp³-hybridized carbons (Fsp3) is 0.455. The molecule has 0 atom stereocenters. The van der Waals surface area contributed by atoms with E-state index in [4.69, 9.17) is 5.73 Å². The minimum absolute atomic E-state index is 0.0316. The molecule has 0 aliphatic carbocycles. The van der Waals surface area contributed by atoms with Crippen molar-refractivity contribution in [3.05, 3.63) is 29.8 Å². The Balaban J connectivity index is 2.85. The van der Waals surface area contributed by atoms with Crippen LogP contribution in [-0.2, 0) is 15.8 Å². The predicted molar refractivity (Wildman–Crippen MR) is 66.4 cm³/mol. The molecule has 0 fully saturated rings. The molecule has 0 saturated carbocycles. The van der Waals surface area contributed by atoms with Gasteiger partial charge in [0, 0.05) is 19.3 Å². The van der Waals surface area contributed by atoms with Gasteiger partial charge < -0.3 is 5.73 Å². The lowest BCUT2D eigenvalue weighted by molar-refractivity contribution is 0.467. The molecule has 0 aliphatic rings. The van der Waals surface area contributed by atoms with Crippen molar-refractivity contribution >= 4 is 15.7 Å². The Morgan fingerprint density at radius 1 is 1.31 bits per heavy atom. The van der Waals surface area contributed by atoms with Gasteiger partial charge in [-0.2, -0.15) is 0 Å². The topological polar surface area (TPSA) is 63.4 Å². The van der Waals surface area contributed by atoms with Gasteiger partial charge in [0.1, 0.15) is 0 Å². The summed E-state index contributed by atoms with van der Waals surface area (Å²) in [5, 5.41) is 0. The molecule has 0 aromatic heterocycles. The normalized spacial score (nSPS) is 11.9. The molecule has 0 aliphatic heterocycles. The van der Waals surface area contributed by atoms with Crippen LogP contribution in [0.25, 0.3) is 0 Å². The number of hydrogen-bond donors (Lipinski definition) is 1. The number of hydrogen-bond acceptors (Lipinski definition) is 3. The highest BCUT2D eigenvalue weighted by Gasteiger charge is 2.18. The summed E-state index contributed by atoms with van der Waals surface area (Å²) in [5.74, 6) is -0.0316. The molecule has 0 heterocycles. The van der Waals surface area contributed by atoms with Gasteiger partial charge in [0.2, 0.25) is 10.0 Å². The van der Waals surface area contributed by atoms with Crippen molar-refractivity contribution < 1.29 is 8.42 Å². The molecule has 5 heteroatoms. The van der Waals surface area contributed by atoms with Crippen LogP contribution in [0.2, 0.25) is 0 Å². The maximum atomic E-state index is 11.9. The Hall–Kier alpha value is -1.07. The molecule has 16 heavy (non-hydrogen) atoms. The van der Waals surface area contributed by atoms with Gasteiger partial charge in [0.05, 0.1) is 5.75 Å². The first kappa shape index (κ1) is 13.0. The summed E-state index contributed by atoms with van der Waals surface area (Å²) in [7, 11) is -1.65. The monoisotopic (exact) mass is 242 g/mol. The van der Waals surface area contributed by atoms with E-state index in [9.17, 15) is 8.42 Å². The van der Waals surface area contributed by atoms with Crippen LogP contribution < -0.4 is 5.73 Å². The van der Waals surface area contributed by atoms with Crippen LogP contribution in [0.3, 0.4) is 0 Å². The van der Waals surface area contributed by atoms with Crippen LogP contribution in [-0.4, -0.2) is 26.3 Å². The van der Waals surface area contributed by atoms with Crippen molar-refractivity contribution in [2.75, 3.05) is 19.3 Å². The Labute approximate surface area is 97.1 Å². The van der Waals surface area contributed by atoms with E-state index in [1.165, 1.54) is 4.31 Å². The quantitative estimate of drug-likeness (QED) is 0.795. The molecular formula is C11H18N2O2S. The number of nitrogen functional groups attached to an aromatic ring is 1. The summed E-state index contributed by atoms with van der Waals surface area (Å²) in [6.45, 7) is 2.48. The highest BCUT2D eigenvalue weighted by Crippen LogP contribution is 2.16. The maximum absolute atomic E-state index is 11.9. The molecule has 0 bridgehead atoms. The van der Waals surface area contributed by atoms with E-state index in [-0.39, 0.29) is 5.75 Å². The Bertz CT molecular complexity index is 443. The molecule has 90 valence electrons. The highest BCUT2D eigenvalue weighted by atomic mass is 32.2. The fourth-order valence-electron chi connectivity index (χ4n) is 1.43. The van der Waals surface area contributed by atoms with E-state index >= 15 is 0 Å². The zero-order valence-corrected chi connectivity index (χ0v) is 10.5. The number of nitrogens with zero attached hydrogens (tertiary/aromatic N) is 1. The van der Waals surface area contributed by atoms with Crippen molar-refractivity contribution in [2.45, 2.75) is 19.1 Å². The standard InChI is InChI=1S/C11H18N2O2S/c1-3-8-13(2)16(14,15)9-10-6-4-5-7-11(10)12/h4-7H,3,8-9,12H2,1-2H3. The van der Waals surface area contributed by atoms with Gasteiger partial charge in [0.25, 0.3) is 0 Å². The molecule has 4 nitrogen and oxygen atoms in total. The number of benzene rings is 1. The summed E-state index contributed by atoms with van der Waals surface area (Å²) in [6.07, 6.45) is 0.806. The molecule has 1 rings (SSSR count). The van der Waals surface area contributed by atoms with Crippen LogP contribution >= 0.6 is 0 Å². The first-order valence-corrected chi connectivity index (χ1v) is 6.85. The summed E-state index contributed by atoms with van der Waals surface area (Å²) in [6, 6.07) is 7.04. The predicted octanol–water partition coefficient (Wildman–Crippen LogP) is 1.44. The zero-order valence-electron chi connectivity index (χ0n) is 9.68. The van der Waals surface area contributed by atoms with Crippen LogP contribution in [0.15, 0.2) is 24.3 Å². The zero-order chi connectivity index (χ0) is 12.2. The first-order valence-electron chi connectivity index (χ1n) is 5.24. The van der Waals surface area contributed by atoms with Gasteiger partial charge in [0.15, 0.2) is 0 Å². The molecule has 2 N–H and O–H groups in total. The summed E-state index contributed by atoms with van der Waals surface area (Å²) in [4.78, 5) is 0. The maximum Gasteiger partial charge on any atom is 0.218 e. The number of rotatable bonds is 5. The average Bonchev–Trinajstić information content (AvgIpc) is 2.21. The third-order valence-corrected chi connectivity index (χ3v) is 4.21. The lowest BCUT2D eigenvalue weighted by Crippen LogP contribution is -2.29. The van der Waals surface area contributed by atoms with Crippen molar-refractivity contribution in [1.82, 2.24) is 4.31 Å². The van der Waals surface area contributed by atoms with Gasteiger partial charge in [-0.25, -0.2) is 12.7 Å². The van der Waals surface area contributed by atoms with Gasteiger partial charge in [-0.3, -0.25) is 0 Å². The molecular weight excluding hydrogens is 224 g/mol. The van der Waals surface area contributed by atoms with Gasteiger partial charge in [-0.15, -0.1) is 0 Å². The Morgan fingerprint density at radius 3 is 2.50 bits per heavy atom. The summed E-state index contributed by atoms with van der Waals surface area (Å²) >= 11 is 0. The molecule has 0 unspecified atom stereocenters. The minimum atomic E-state index is -3.24. The third kappa shape index (κ3) is 3.21.